The van der Waals surface area contributed by atoms with Crippen LogP contribution in [0.4, 0.5) is 0 Å². The average Bonchev–Trinajstić information content (AvgIpc) is 3.46. The highest BCUT2D eigenvalue weighted by Crippen LogP contribution is 2.25. The van der Waals surface area contributed by atoms with Crippen LogP contribution in [0.5, 0.6) is 0 Å². The van der Waals surface area contributed by atoms with Gasteiger partial charge in [-0.25, -0.2) is 0 Å². The molecule has 0 atom stereocenters. The van der Waals surface area contributed by atoms with Crippen LogP contribution in [0.25, 0.3) is 0 Å². The highest BCUT2D eigenvalue weighted by Gasteiger charge is 2.29. The molecule has 1 saturated carbocycles. The molecule has 2 N–H and O–H groups in total. The van der Waals surface area contributed by atoms with Crippen molar-refractivity contribution in [3.8, 4) is 0 Å². The molecule has 0 bridgehead atoms. The number of guanidine groups is 1. The van der Waals surface area contributed by atoms with Gasteiger partial charge in [-0.15, -0.1) is 0 Å². The zero-order valence-corrected chi connectivity index (χ0v) is 16.5. The van der Waals surface area contributed by atoms with E-state index in [2.05, 4.69) is 39.3 Å². The van der Waals surface area contributed by atoms with E-state index in [1.165, 1.54) is 12.8 Å². The van der Waals surface area contributed by atoms with Gasteiger partial charge in [0, 0.05) is 65.0 Å². The van der Waals surface area contributed by atoms with Crippen molar-refractivity contribution >= 4 is 5.96 Å². The summed E-state index contributed by atoms with van der Waals surface area (Å²) in [5.41, 5.74) is 0.0832. The quantitative estimate of drug-likeness (QED) is 0.436. The molecule has 7 nitrogen and oxygen atoms in total. The molecule has 0 aromatic heterocycles. The maximum Gasteiger partial charge on any atom is 0.191 e. The second-order valence-corrected chi connectivity index (χ2v) is 7.52. The molecule has 1 heterocycles. The Bertz CT molecular complexity index is 406. The van der Waals surface area contributed by atoms with Gasteiger partial charge in [0.2, 0.25) is 0 Å². The molecular weight excluding hydrogens is 318 g/mol. The van der Waals surface area contributed by atoms with Crippen LogP contribution in [-0.2, 0) is 9.47 Å². The number of nitrogens with zero attached hydrogens (tertiary/aromatic N) is 3. The molecule has 0 aromatic carbocycles. The number of aliphatic imine (C=N–C) groups is 1. The number of hydrogen-bond acceptors (Lipinski definition) is 5. The van der Waals surface area contributed by atoms with E-state index in [0.29, 0.717) is 0 Å². The summed E-state index contributed by atoms with van der Waals surface area (Å²) < 4.78 is 10.7. The van der Waals surface area contributed by atoms with Gasteiger partial charge in [-0.3, -0.25) is 14.8 Å². The lowest BCUT2D eigenvalue weighted by Gasteiger charge is -2.41. The van der Waals surface area contributed by atoms with E-state index in [4.69, 9.17) is 9.47 Å². The third kappa shape index (κ3) is 7.09. The van der Waals surface area contributed by atoms with Crippen molar-refractivity contribution < 1.29 is 9.47 Å². The van der Waals surface area contributed by atoms with Crippen molar-refractivity contribution in [2.45, 2.75) is 38.3 Å². The van der Waals surface area contributed by atoms with Gasteiger partial charge in [0.25, 0.3) is 0 Å². The number of rotatable bonds is 10. The lowest BCUT2D eigenvalue weighted by molar-refractivity contribution is -0.00834. The molecular formula is C18H37N5O2. The van der Waals surface area contributed by atoms with Crippen molar-refractivity contribution in [3.63, 3.8) is 0 Å². The Balaban J connectivity index is 1.69. The summed E-state index contributed by atoms with van der Waals surface area (Å²) in [6.07, 6.45) is 2.65. The lowest BCUT2D eigenvalue weighted by Crippen LogP contribution is -2.56. The van der Waals surface area contributed by atoms with Gasteiger partial charge in [-0.2, -0.15) is 0 Å². The van der Waals surface area contributed by atoms with Crippen molar-refractivity contribution in [1.82, 2.24) is 20.4 Å². The van der Waals surface area contributed by atoms with Crippen LogP contribution in [-0.4, -0.2) is 101 Å². The van der Waals surface area contributed by atoms with E-state index in [0.717, 1.165) is 71.1 Å². The largest absolute Gasteiger partial charge is 0.383 e. The Hall–Kier alpha value is -0.890. The van der Waals surface area contributed by atoms with Crippen LogP contribution in [0, 0.1) is 0 Å². The summed E-state index contributed by atoms with van der Waals surface area (Å²) >= 11 is 0. The summed E-state index contributed by atoms with van der Waals surface area (Å²) in [6, 6.07) is 0.757. The van der Waals surface area contributed by atoms with E-state index in [9.17, 15) is 0 Å². The number of morpholine rings is 1. The first-order valence-corrected chi connectivity index (χ1v) is 9.57. The molecule has 2 fully saturated rings. The second kappa shape index (κ2) is 10.3. The molecule has 0 unspecified atom stereocenters. The number of methoxy groups -OCH3 is 1. The smallest absolute Gasteiger partial charge is 0.191 e. The Morgan fingerprint density at radius 2 is 1.96 bits per heavy atom. The fourth-order valence-electron chi connectivity index (χ4n) is 3.24. The zero-order chi connectivity index (χ0) is 18.1. The van der Waals surface area contributed by atoms with Crippen LogP contribution in [0.3, 0.4) is 0 Å². The van der Waals surface area contributed by atoms with Gasteiger partial charge in [0.05, 0.1) is 19.8 Å². The normalized spacial score (nSPS) is 20.1. The van der Waals surface area contributed by atoms with Gasteiger partial charge in [-0.05, 0) is 26.7 Å². The molecule has 1 aliphatic heterocycles. The number of nitrogens with one attached hydrogen (secondary N) is 2. The third-order valence-electron chi connectivity index (χ3n) is 5.12. The Labute approximate surface area is 153 Å². The fraction of sp³-hybridized carbons (Fsp3) is 0.944. The van der Waals surface area contributed by atoms with Crippen molar-refractivity contribution in [3.05, 3.63) is 0 Å². The molecule has 7 heteroatoms. The van der Waals surface area contributed by atoms with Crippen LogP contribution >= 0.6 is 0 Å². The van der Waals surface area contributed by atoms with E-state index in [-0.39, 0.29) is 5.54 Å². The molecule has 2 rings (SSSR count). The lowest BCUT2D eigenvalue weighted by atomic mass is 10.0. The molecule has 0 radical (unpaired) electrons. The van der Waals surface area contributed by atoms with E-state index < -0.39 is 0 Å². The highest BCUT2D eigenvalue weighted by atomic mass is 16.5. The van der Waals surface area contributed by atoms with Gasteiger partial charge in [-0.1, -0.05) is 0 Å². The predicted molar refractivity (Wildman–Crippen MR) is 102 cm³/mol. The van der Waals surface area contributed by atoms with Crippen LogP contribution in [0.2, 0.25) is 0 Å². The van der Waals surface area contributed by atoms with Gasteiger partial charge >= 0.3 is 0 Å². The van der Waals surface area contributed by atoms with Crippen LogP contribution < -0.4 is 10.6 Å². The van der Waals surface area contributed by atoms with Crippen LogP contribution in [0.15, 0.2) is 4.99 Å². The maximum atomic E-state index is 5.46. The SMILES string of the molecule is CN=C(NCCN(CCOC)C1CC1)NCC(C)(C)N1CCOCC1. The summed E-state index contributed by atoms with van der Waals surface area (Å²) in [7, 11) is 3.60. The molecule has 25 heavy (non-hydrogen) atoms. The number of hydrogen-bond donors (Lipinski definition) is 2. The zero-order valence-electron chi connectivity index (χ0n) is 16.5. The van der Waals surface area contributed by atoms with Crippen LogP contribution in [0.1, 0.15) is 26.7 Å². The minimum absolute atomic E-state index is 0.0832. The standard InChI is InChI=1S/C18H37N5O2/c1-18(2,23-10-13-25-14-11-23)15-21-17(19-3)20-7-8-22(9-12-24-4)16-5-6-16/h16H,5-15H2,1-4H3,(H2,19,20,21). The summed E-state index contributed by atoms with van der Waals surface area (Å²) in [5, 5.41) is 6.93. The first-order chi connectivity index (χ1) is 12.1. The first kappa shape index (κ1) is 20.4. The Morgan fingerprint density at radius 1 is 1.24 bits per heavy atom. The minimum Gasteiger partial charge on any atom is -0.383 e. The van der Waals surface area contributed by atoms with E-state index >= 15 is 0 Å². The second-order valence-electron chi connectivity index (χ2n) is 7.52. The van der Waals surface area contributed by atoms with Crippen molar-refractivity contribution in [2.24, 2.45) is 4.99 Å². The van der Waals surface area contributed by atoms with Crippen molar-refractivity contribution in [2.75, 3.05) is 73.2 Å². The molecule has 0 amide bonds. The first-order valence-electron chi connectivity index (χ1n) is 9.57. The Morgan fingerprint density at radius 3 is 2.56 bits per heavy atom. The average molecular weight is 356 g/mol. The molecule has 1 saturated heterocycles. The fourth-order valence-corrected chi connectivity index (χ4v) is 3.24. The summed E-state index contributed by atoms with van der Waals surface area (Å²) in [4.78, 5) is 9.36. The monoisotopic (exact) mass is 355 g/mol. The van der Waals surface area contributed by atoms with Gasteiger partial charge < -0.3 is 20.1 Å². The minimum atomic E-state index is 0.0832. The molecule has 1 aliphatic carbocycles. The predicted octanol–water partition coefficient (Wildman–Crippen LogP) is 0.373. The maximum absolute atomic E-state index is 5.46. The number of ether oxygens (including phenoxy) is 2. The Kier molecular flexibility index (Phi) is 8.42. The third-order valence-corrected chi connectivity index (χ3v) is 5.12. The van der Waals surface area contributed by atoms with E-state index in [1.54, 1.807) is 7.11 Å². The molecule has 0 aromatic rings. The van der Waals surface area contributed by atoms with E-state index in [1.807, 2.05) is 7.05 Å². The van der Waals surface area contributed by atoms with Crippen molar-refractivity contribution in [1.29, 1.82) is 0 Å². The summed E-state index contributed by atoms with van der Waals surface area (Å²) in [6.45, 7) is 12.8. The molecule has 0 spiro atoms. The molecule has 146 valence electrons. The van der Waals surface area contributed by atoms with Gasteiger partial charge in [0.15, 0.2) is 5.96 Å². The highest BCUT2D eigenvalue weighted by molar-refractivity contribution is 5.79. The topological polar surface area (TPSA) is 61.4 Å². The summed E-state index contributed by atoms with van der Waals surface area (Å²) in [5.74, 6) is 0.879. The molecule has 2 aliphatic rings. The van der Waals surface area contributed by atoms with Gasteiger partial charge in [0.1, 0.15) is 0 Å².